The second-order valence-corrected chi connectivity index (χ2v) is 2.58. The zero-order valence-corrected chi connectivity index (χ0v) is 6.29. The highest BCUT2D eigenvalue weighted by molar-refractivity contribution is 5.78. The summed E-state index contributed by atoms with van der Waals surface area (Å²) in [4.78, 5) is 12.6. The summed E-state index contributed by atoms with van der Waals surface area (Å²) >= 11 is 0. The van der Waals surface area contributed by atoms with E-state index in [2.05, 4.69) is 6.07 Å². The molecule has 1 atom stereocenters. The fourth-order valence-electron chi connectivity index (χ4n) is 1.32. The van der Waals surface area contributed by atoms with E-state index < -0.39 is 0 Å². The van der Waals surface area contributed by atoms with Gasteiger partial charge in [0.25, 0.3) is 0 Å². The summed E-state index contributed by atoms with van der Waals surface area (Å²) < 4.78 is 0. The van der Waals surface area contributed by atoms with E-state index in [1.54, 1.807) is 4.90 Å². The first-order valence-corrected chi connectivity index (χ1v) is 3.68. The Hall–Kier alpha value is -1.08. The molecule has 0 aliphatic carbocycles. The molecule has 0 aromatic carbocycles. The maximum atomic E-state index is 11.0. The quantitative estimate of drug-likeness (QED) is 0.550. The Morgan fingerprint density at radius 1 is 1.82 bits per heavy atom. The molecule has 0 radical (unpaired) electrons. The van der Waals surface area contributed by atoms with Crippen molar-refractivity contribution < 1.29 is 4.79 Å². The Bertz CT molecular complexity index is 196. The predicted octanol–water partition coefficient (Wildman–Crippen LogP) is -0.540. The van der Waals surface area contributed by atoms with Gasteiger partial charge in [0.2, 0.25) is 5.91 Å². The van der Waals surface area contributed by atoms with E-state index in [1.165, 1.54) is 0 Å². The van der Waals surface area contributed by atoms with Gasteiger partial charge in [0, 0.05) is 6.54 Å². The van der Waals surface area contributed by atoms with Crippen molar-refractivity contribution in [1.29, 1.82) is 5.26 Å². The summed E-state index contributed by atoms with van der Waals surface area (Å²) in [6.07, 6.45) is 1.71. The third kappa shape index (κ3) is 1.49. The molecule has 0 spiro atoms. The molecule has 60 valence electrons. The van der Waals surface area contributed by atoms with E-state index >= 15 is 0 Å². The zero-order chi connectivity index (χ0) is 8.27. The molecule has 1 saturated heterocycles. The molecule has 1 rings (SSSR count). The number of nitrogens with two attached hydrogens (primary N) is 1. The van der Waals surface area contributed by atoms with Crippen LogP contribution >= 0.6 is 0 Å². The molecule has 1 amide bonds. The molecule has 4 nitrogen and oxygen atoms in total. The lowest BCUT2D eigenvalue weighted by molar-refractivity contribution is -0.129. The molecule has 2 N–H and O–H groups in total. The second kappa shape index (κ2) is 3.35. The maximum absolute atomic E-state index is 11.0. The van der Waals surface area contributed by atoms with E-state index in [4.69, 9.17) is 11.0 Å². The van der Waals surface area contributed by atoms with E-state index in [9.17, 15) is 4.79 Å². The third-order valence-electron chi connectivity index (χ3n) is 1.90. The van der Waals surface area contributed by atoms with Crippen molar-refractivity contribution in [2.45, 2.75) is 18.9 Å². The van der Waals surface area contributed by atoms with Crippen molar-refractivity contribution in [1.82, 2.24) is 4.90 Å². The molecule has 4 heteroatoms. The van der Waals surface area contributed by atoms with Crippen LogP contribution in [0.5, 0.6) is 0 Å². The number of carbonyl (C=O) groups excluding carboxylic acids is 1. The highest BCUT2D eigenvalue weighted by atomic mass is 16.2. The fraction of sp³-hybridized carbons (Fsp3) is 0.714. The van der Waals surface area contributed by atoms with E-state index in [0.29, 0.717) is 6.54 Å². The second-order valence-electron chi connectivity index (χ2n) is 2.58. The number of likely N-dealkylation sites (tertiary alicyclic amines) is 1. The van der Waals surface area contributed by atoms with Crippen molar-refractivity contribution in [2.24, 2.45) is 5.73 Å². The van der Waals surface area contributed by atoms with Gasteiger partial charge in [-0.1, -0.05) is 0 Å². The molecular weight excluding hydrogens is 142 g/mol. The van der Waals surface area contributed by atoms with Crippen LogP contribution in [0.25, 0.3) is 0 Å². The van der Waals surface area contributed by atoms with Crippen LogP contribution in [0.4, 0.5) is 0 Å². The van der Waals surface area contributed by atoms with Crippen LogP contribution in [0, 0.1) is 11.3 Å². The van der Waals surface area contributed by atoms with Gasteiger partial charge < -0.3 is 10.6 Å². The number of hydrogen-bond acceptors (Lipinski definition) is 3. The van der Waals surface area contributed by atoms with Gasteiger partial charge in [-0.15, -0.1) is 0 Å². The van der Waals surface area contributed by atoms with Gasteiger partial charge in [-0.25, -0.2) is 0 Å². The lowest BCUT2D eigenvalue weighted by Crippen LogP contribution is -2.38. The van der Waals surface area contributed by atoms with Crippen LogP contribution in [0.15, 0.2) is 0 Å². The van der Waals surface area contributed by atoms with E-state index in [0.717, 1.165) is 12.8 Å². The molecule has 0 unspecified atom stereocenters. The first kappa shape index (κ1) is 8.02. The molecule has 1 aliphatic rings. The molecule has 0 bridgehead atoms. The molecule has 0 aromatic heterocycles. The van der Waals surface area contributed by atoms with Crippen LogP contribution in [-0.4, -0.2) is 29.9 Å². The largest absolute Gasteiger partial charge is 0.326 e. The van der Waals surface area contributed by atoms with Crippen molar-refractivity contribution in [2.75, 3.05) is 13.1 Å². The molecular formula is C7H11N3O. The van der Waals surface area contributed by atoms with Gasteiger partial charge in [0.15, 0.2) is 0 Å². The van der Waals surface area contributed by atoms with Gasteiger partial charge in [-0.2, -0.15) is 5.26 Å². The van der Waals surface area contributed by atoms with Crippen LogP contribution in [0.2, 0.25) is 0 Å². The number of rotatable bonds is 1. The zero-order valence-electron chi connectivity index (χ0n) is 6.29. The SMILES string of the molecule is N#C[C@H]1CCCN1C(=O)CN. The summed E-state index contributed by atoms with van der Waals surface area (Å²) in [5.41, 5.74) is 5.17. The Labute approximate surface area is 65.6 Å². The highest BCUT2D eigenvalue weighted by Gasteiger charge is 2.27. The summed E-state index contributed by atoms with van der Waals surface area (Å²) in [6.45, 7) is 0.701. The van der Waals surface area contributed by atoms with Crippen LogP contribution < -0.4 is 5.73 Å². The van der Waals surface area contributed by atoms with Crippen LogP contribution in [0.3, 0.4) is 0 Å². The van der Waals surface area contributed by atoms with Gasteiger partial charge >= 0.3 is 0 Å². The Morgan fingerprint density at radius 2 is 2.55 bits per heavy atom. The average Bonchev–Trinajstić information content (AvgIpc) is 2.50. The smallest absolute Gasteiger partial charge is 0.237 e. The van der Waals surface area contributed by atoms with Gasteiger partial charge in [-0.05, 0) is 12.8 Å². The topological polar surface area (TPSA) is 70.1 Å². The number of nitrogens with zero attached hydrogens (tertiary/aromatic N) is 2. The molecule has 0 aromatic rings. The average molecular weight is 153 g/mol. The van der Waals surface area contributed by atoms with Crippen LogP contribution in [0.1, 0.15) is 12.8 Å². The molecule has 0 saturated carbocycles. The van der Waals surface area contributed by atoms with E-state index in [1.807, 2.05) is 0 Å². The van der Waals surface area contributed by atoms with Crippen molar-refractivity contribution in [3.8, 4) is 6.07 Å². The molecule has 1 heterocycles. The minimum Gasteiger partial charge on any atom is -0.326 e. The maximum Gasteiger partial charge on any atom is 0.237 e. The minimum absolute atomic E-state index is 0.0121. The summed E-state index contributed by atoms with van der Waals surface area (Å²) in [6, 6.07) is 1.85. The number of nitriles is 1. The number of amides is 1. The number of carbonyl (C=O) groups is 1. The summed E-state index contributed by atoms with van der Waals surface area (Å²) in [7, 11) is 0. The third-order valence-corrected chi connectivity index (χ3v) is 1.90. The standard InChI is InChI=1S/C7H11N3O/c8-4-6-2-1-3-10(6)7(11)5-9/h6H,1-3,5,9H2/t6-/m1/s1. The minimum atomic E-state index is -0.231. The molecule has 1 fully saturated rings. The lowest BCUT2D eigenvalue weighted by atomic mass is 10.2. The summed E-state index contributed by atoms with van der Waals surface area (Å²) in [5, 5.41) is 8.60. The highest BCUT2D eigenvalue weighted by Crippen LogP contribution is 2.15. The van der Waals surface area contributed by atoms with Crippen molar-refractivity contribution in [3.63, 3.8) is 0 Å². The van der Waals surface area contributed by atoms with Crippen molar-refractivity contribution >= 4 is 5.91 Å². The Kier molecular flexibility index (Phi) is 2.44. The first-order chi connectivity index (χ1) is 5.29. The fourth-order valence-corrected chi connectivity index (χ4v) is 1.32. The number of hydrogen-bond donors (Lipinski definition) is 1. The molecule has 1 aliphatic heterocycles. The first-order valence-electron chi connectivity index (χ1n) is 3.68. The van der Waals surface area contributed by atoms with Gasteiger partial charge in [0.05, 0.1) is 12.6 Å². The Balaban J connectivity index is 2.58. The normalized spacial score (nSPS) is 23.3. The van der Waals surface area contributed by atoms with E-state index in [-0.39, 0.29) is 18.5 Å². The van der Waals surface area contributed by atoms with Crippen molar-refractivity contribution in [3.05, 3.63) is 0 Å². The van der Waals surface area contributed by atoms with Crippen LogP contribution in [-0.2, 0) is 4.79 Å². The monoisotopic (exact) mass is 153 g/mol. The van der Waals surface area contributed by atoms with Gasteiger partial charge in [0.1, 0.15) is 6.04 Å². The Morgan fingerprint density at radius 3 is 3.09 bits per heavy atom. The lowest BCUT2D eigenvalue weighted by Gasteiger charge is -2.17. The molecule has 11 heavy (non-hydrogen) atoms. The predicted molar refractivity (Wildman–Crippen MR) is 39.4 cm³/mol. The van der Waals surface area contributed by atoms with Gasteiger partial charge in [-0.3, -0.25) is 4.79 Å². The summed E-state index contributed by atoms with van der Waals surface area (Å²) in [5.74, 6) is -0.117.